The number of benzene rings is 1. The molecule has 21 heavy (non-hydrogen) atoms. The minimum atomic E-state index is -0.283. The molecule has 1 unspecified atom stereocenters. The van der Waals surface area contributed by atoms with Gasteiger partial charge in [-0.3, -0.25) is 14.1 Å². The van der Waals surface area contributed by atoms with Gasteiger partial charge in [0.05, 0.1) is 13.2 Å². The van der Waals surface area contributed by atoms with Crippen molar-refractivity contribution in [2.75, 3.05) is 31.6 Å². The van der Waals surface area contributed by atoms with Crippen LogP contribution in [0.25, 0.3) is 0 Å². The molecule has 1 aliphatic heterocycles. The summed E-state index contributed by atoms with van der Waals surface area (Å²) in [6.07, 6.45) is 1.91. The second-order valence-electron chi connectivity index (χ2n) is 6.22. The number of alkyl halides is 1. The molecule has 3 nitrogen and oxygen atoms in total. The van der Waals surface area contributed by atoms with Gasteiger partial charge >= 0.3 is 0 Å². The number of amides is 1. The molecule has 0 saturated carbocycles. The van der Waals surface area contributed by atoms with Crippen LogP contribution in [0.1, 0.15) is 38.2 Å². The molecular formula is C17H25FN2O. The van der Waals surface area contributed by atoms with Gasteiger partial charge in [0.2, 0.25) is 5.91 Å². The van der Waals surface area contributed by atoms with Gasteiger partial charge in [-0.05, 0) is 43.0 Å². The first-order valence-electron chi connectivity index (χ1n) is 7.76. The summed E-state index contributed by atoms with van der Waals surface area (Å²) in [5, 5.41) is 2.91. The molecule has 0 spiro atoms. The minimum absolute atomic E-state index is 0.0215. The first kappa shape index (κ1) is 16.0. The first-order valence-corrected chi connectivity index (χ1v) is 7.76. The van der Waals surface area contributed by atoms with Gasteiger partial charge in [-0.2, -0.15) is 0 Å². The highest BCUT2D eigenvalue weighted by Gasteiger charge is 2.21. The lowest BCUT2D eigenvalue weighted by atomic mass is 9.99. The molecule has 1 amide bonds. The molecule has 2 rings (SSSR count). The van der Waals surface area contributed by atoms with E-state index in [4.69, 9.17) is 0 Å². The molecule has 1 atom stereocenters. The fourth-order valence-electron chi connectivity index (χ4n) is 2.78. The van der Waals surface area contributed by atoms with Gasteiger partial charge < -0.3 is 5.32 Å². The summed E-state index contributed by atoms with van der Waals surface area (Å²) in [6, 6.07) is 7.96. The number of rotatable bonds is 5. The molecule has 1 aromatic carbocycles. The standard InChI is InChI=1S/C17H25FN2O/c1-13(2)15-5-7-16(8-6-15)19-17(21)12-20-9-3-4-14(10-18)11-20/h5-8,13-14H,3-4,9-12H2,1-2H3,(H,19,21). The van der Waals surface area contributed by atoms with E-state index >= 15 is 0 Å². The monoisotopic (exact) mass is 292 g/mol. The van der Waals surface area contributed by atoms with Gasteiger partial charge in [0.25, 0.3) is 0 Å². The van der Waals surface area contributed by atoms with Crippen molar-refractivity contribution in [3.05, 3.63) is 29.8 Å². The summed E-state index contributed by atoms with van der Waals surface area (Å²) in [4.78, 5) is 14.1. The molecular weight excluding hydrogens is 267 g/mol. The average Bonchev–Trinajstić information content (AvgIpc) is 2.47. The molecule has 1 heterocycles. The Hall–Kier alpha value is -1.42. The summed E-state index contributed by atoms with van der Waals surface area (Å²) in [5.74, 6) is 0.560. The van der Waals surface area contributed by atoms with Crippen molar-refractivity contribution in [1.29, 1.82) is 0 Å². The fourth-order valence-corrected chi connectivity index (χ4v) is 2.78. The van der Waals surface area contributed by atoms with Gasteiger partial charge in [-0.1, -0.05) is 26.0 Å². The maximum Gasteiger partial charge on any atom is 0.238 e. The summed E-state index contributed by atoms with van der Waals surface area (Å²) in [6.45, 7) is 5.93. The van der Waals surface area contributed by atoms with Crippen molar-refractivity contribution >= 4 is 11.6 Å². The Morgan fingerprint density at radius 1 is 1.38 bits per heavy atom. The quantitative estimate of drug-likeness (QED) is 0.901. The third-order valence-corrected chi connectivity index (χ3v) is 4.05. The van der Waals surface area contributed by atoms with Gasteiger partial charge in [0, 0.05) is 18.2 Å². The maximum atomic E-state index is 12.7. The Balaban J connectivity index is 1.83. The molecule has 0 aliphatic carbocycles. The van der Waals surface area contributed by atoms with Gasteiger partial charge in [0.1, 0.15) is 0 Å². The van der Waals surface area contributed by atoms with Crippen LogP contribution < -0.4 is 5.32 Å². The van der Waals surface area contributed by atoms with Gasteiger partial charge in [-0.15, -0.1) is 0 Å². The second kappa shape index (κ2) is 7.55. The van der Waals surface area contributed by atoms with E-state index in [0.717, 1.165) is 25.1 Å². The van der Waals surface area contributed by atoms with E-state index in [1.54, 1.807) is 0 Å². The van der Waals surface area contributed by atoms with Crippen LogP contribution in [-0.2, 0) is 4.79 Å². The summed E-state index contributed by atoms with van der Waals surface area (Å²) < 4.78 is 12.7. The second-order valence-corrected chi connectivity index (χ2v) is 6.22. The number of nitrogens with one attached hydrogen (secondary N) is 1. The van der Waals surface area contributed by atoms with Crippen LogP contribution >= 0.6 is 0 Å². The average molecular weight is 292 g/mol. The summed E-state index contributed by atoms with van der Waals surface area (Å²) in [5.41, 5.74) is 2.08. The van der Waals surface area contributed by atoms with Gasteiger partial charge in [0.15, 0.2) is 0 Å². The van der Waals surface area contributed by atoms with Crippen LogP contribution in [0.2, 0.25) is 0 Å². The molecule has 0 bridgehead atoms. The number of hydrogen-bond donors (Lipinski definition) is 1. The molecule has 4 heteroatoms. The number of anilines is 1. The zero-order valence-electron chi connectivity index (χ0n) is 12.9. The van der Waals surface area contributed by atoms with Crippen LogP contribution in [0.4, 0.5) is 10.1 Å². The summed E-state index contributed by atoms with van der Waals surface area (Å²) in [7, 11) is 0. The number of carbonyl (C=O) groups excluding carboxylic acids is 1. The fraction of sp³-hybridized carbons (Fsp3) is 0.588. The van der Waals surface area contributed by atoms with Crippen LogP contribution in [0.15, 0.2) is 24.3 Å². The van der Waals surface area contributed by atoms with Crippen molar-refractivity contribution < 1.29 is 9.18 Å². The lowest BCUT2D eigenvalue weighted by Crippen LogP contribution is -2.41. The highest BCUT2D eigenvalue weighted by atomic mass is 19.1. The van der Waals surface area contributed by atoms with E-state index in [1.807, 2.05) is 29.2 Å². The molecule has 116 valence electrons. The Morgan fingerprint density at radius 3 is 2.71 bits per heavy atom. The molecule has 0 radical (unpaired) electrons. The zero-order chi connectivity index (χ0) is 15.2. The van der Waals surface area contributed by atoms with Gasteiger partial charge in [-0.25, -0.2) is 0 Å². The highest BCUT2D eigenvalue weighted by molar-refractivity contribution is 5.92. The highest BCUT2D eigenvalue weighted by Crippen LogP contribution is 2.18. The number of likely N-dealkylation sites (tertiary alicyclic amines) is 1. The smallest absolute Gasteiger partial charge is 0.238 e. The Kier molecular flexibility index (Phi) is 5.74. The number of halogens is 1. The predicted octanol–water partition coefficient (Wildman–Crippen LogP) is 3.43. The lowest BCUT2D eigenvalue weighted by molar-refractivity contribution is -0.117. The van der Waals surface area contributed by atoms with E-state index in [1.165, 1.54) is 5.56 Å². The van der Waals surface area contributed by atoms with Crippen LogP contribution in [-0.4, -0.2) is 37.1 Å². The van der Waals surface area contributed by atoms with E-state index in [2.05, 4.69) is 19.2 Å². The van der Waals surface area contributed by atoms with Crippen LogP contribution in [0, 0.1) is 5.92 Å². The van der Waals surface area contributed by atoms with E-state index in [9.17, 15) is 9.18 Å². The predicted molar refractivity (Wildman–Crippen MR) is 84.3 cm³/mol. The van der Waals surface area contributed by atoms with Crippen molar-refractivity contribution in [3.8, 4) is 0 Å². The van der Waals surface area contributed by atoms with Crippen molar-refractivity contribution in [1.82, 2.24) is 4.90 Å². The Bertz CT molecular complexity index is 458. The largest absolute Gasteiger partial charge is 0.325 e. The first-order chi connectivity index (χ1) is 10.1. The van der Waals surface area contributed by atoms with Crippen molar-refractivity contribution in [2.45, 2.75) is 32.6 Å². The lowest BCUT2D eigenvalue weighted by Gasteiger charge is -2.30. The number of piperidine rings is 1. The number of hydrogen-bond acceptors (Lipinski definition) is 2. The molecule has 1 fully saturated rings. The molecule has 1 saturated heterocycles. The Morgan fingerprint density at radius 2 is 2.10 bits per heavy atom. The van der Waals surface area contributed by atoms with E-state index in [-0.39, 0.29) is 18.5 Å². The third-order valence-electron chi connectivity index (χ3n) is 4.05. The van der Waals surface area contributed by atoms with Crippen LogP contribution in [0.3, 0.4) is 0 Å². The van der Waals surface area contributed by atoms with Crippen molar-refractivity contribution in [2.24, 2.45) is 5.92 Å². The summed E-state index contributed by atoms with van der Waals surface area (Å²) >= 11 is 0. The molecule has 1 aromatic rings. The van der Waals surface area contributed by atoms with E-state index < -0.39 is 0 Å². The number of nitrogens with zero attached hydrogens (tertiary/aromatic N) is 1. The SMILES string of the molecule is CC(C)c1ccc(NC(=O)CN2CCCC(CF)C2)cc1. The maximum absolute atomic E-state index is 12.7. The molecule has 0 aromatic heterocycles. The zero-order valence-corrected chi connectivity index (χ0v) is 12.9. The van der Waals surface area contributed by atoms with Crippen LogP contribution in [0.5, 0.6) is 0 Å². The topological polar surface area (TPSA) is 32.3 Å². The Labute approximate surface area is 126 Å². The van der Waals surface area contributed by atoms with Crippen molar-refractivity contribution in [3.63, 3.8) is 0 Å². The normalized spacial score (nSPS) is 19.7. The minimum Gasteiger partial charge on any atom is -0.325 e. The van der Waals surface area contributed by atoms with E-state index in [0.29, 0.717) is 19.0 Å². The number of carbonyl (C=O) groups is 1. The third kappa shape index (κ3) is 4.81. The molecule has 1 aliphatic rings. The molecule has 1 N–H and O–H groups in total.